The molecule has 3 heteroatoms. The molecule has 0 aliphatic heterocycles. The van der Waals surface area contributed by atoms with Gasteiger partial charge in [-0.1, -0.05) is 41.9 Å². The number of aromatic nitrogens is 2. The first-order chi connectivity index (χ1) is 10.7. The van der Waals surface area contributed by atoms with Crippen molar-refractivity contribution in [3.8, 4) is 11.1 Å². The number of rotatable bonds is 1. The molecule has 0 atom stereocenters. The molecule has 2 aromatic heterocycles. The average molecular weight is 305 g/mol. The van der Waals surface area contributed by atoms with E-state index in [1.807, 2.05) is 49.5 Å². The topological polar surface area (TPSA) is 25.8 Å². The third-order valence-electron chi connectivity index (χ3n) is 3.88. The lowest BCUT2D eigenvalue weighted by atomic mass is 10.0. The summed E-state index contributed by atoms with van der Waals surface area (Å²) in [6.07, 6.45) is 1.88. The minimum atomic E-state index is 0.702. The maximum Gasteiger partial charge on any atom is 0.0815 e. The van der Waals surface area contributed by atoms with Gasteiger partial charge in [0, 0.05) is 33.2 Å². The van der Waals surface area contributed by atoms with Gasteiger partial charge in [-0.2, -0.15) is 0 Å². The lowest BCUT2D eigenvalue weighted by molar-refractivity contribution is 1.26. The summed E-state index contributed by atoms with van der Waals surface area (Å²) in [5.74, 6) is 0. The highest BCUT2D eigenvalue weighted by molar-refractivity contribution is 6.31. The van der Waals surface area contributed by atoms with Gasteiger partial charge in [-0.25, -0.2) is 0 Å². The van der Waals surface area contributed by atoms with E-state index in [-0.39, 0.29) is 0 Å². The van der Waals surface area contributed by atoms with Gasteiger partial charge in [-0.05, 0) is 36.8 Å². The number of hydrogen-bond acceptors (Lipinski definition) is 2. The molecule has 0 saturated heterocycles. The molecule has 2 nitrogen and oxygen atoms in total. The molecule has 0 unspecified atom stereocenters. The van der Waals surface area contributed by atoms with Crippen molar-refractivity contribution in [2.75, 3.05) is 0 Å². The van der Waals surface area contributed by atoms with Crippen molar-refractivity contribution in [3.63, 3.8) is 0 Å². The molecule has 2 aromatic carbocycles. The third-order valence-corrected chi connectivity index (χ3v) is 4.12. The van der Waals surface area contributed by atoms with Crippen molar-refractivity contribution in [1.82, 2.24) is 9.97 Å². The maximum absolute atomic E-state index is 6.13. The van der Waals surface area contributed by atoms with E-state index in [9.17, 15) is 0 Å². The van der Waals surface area contributed by atoms with Crippen molar-refractivity contribution in [1.29, 1.82) is 0 Å². The number of fused-ring (bicyclic) bond motifs is 3. The molecule has 22 heavy (non-hydrogen) atoms. The van der Waals surface area contributed by atoms with Gasteiger partial charge in [-0.3, -0.25) is 9.97 Å². The molecule has 106 valence electrons. The molecule has 0 saturated carbocycles. The fourth-order valence-corrected chi connectivity index (χ4v) is 2.97. The van der Waals surface area contributed by atoms with E-state index in [0.29, 0.717) is 5.02 Å². The lowest BCUT2D eigenvalue weighted by Gasteiger charge is -2.09. The van der Waals surface area contributed by atoms with Crippen LogP contribution in [0.4, 0.5) is 0 Å². The van der Waals surface area contributed by atoms with E-state index in [4.69, 9.17) is 16.6 Å². The molecule has 0 radical (unpaired) electrons. The van der Waals surface area contributed by atoms with Gasteiger partial charge in [0.05, 0.1) is 11.0 Å². The van der Waals surface area contributed by atoms with Crippen LogP contribution in [0.2, 0.25) is 5.02 Å². The minimum Gasteiger partial charge on any atom is -0.255 e. The van der Waals surface area contributed by atoms with Crippen molar-refractivity contribution in [2.45, 2.75) is 6.92 Å². The minimum absolute atomic E-state index is 0.702. The van der Waals surface area contributed by atoms with Crippen LogP contribution in [-0.4, -0.2) is 9.97 Å². The van der Waals surface area contributed by atoms with Gasteiger partial charge in [0.15, 0.2) is 0 Å². The second-order valence-corrected chi connectivity index (χ2v) is 5.78. The molecule has 0 aliphatic rings. The van der Waals surface area contributed by atoms with Crippen molar-refractivity contribution in [2.24, 2.45) is 0 Å². The Morgan fingerprint density at radius 1 is 0.955 bits per heavy atom. The van der Waals surface area contributed by atoms with E-state index in [2.05, 4.69) is 23.2 Å². The summed E-state index contributed by atoms with van der Waals surface area (Å²) < 4.78 is 0. The summed E-state index contributed by atoms with van der Waals surface area (Å²) in [4.78, 5) is 9.34. The summed E-state index contributed by atoms with van der Waals surface area (Å²) in [7, 11) is 0. The highest BCUT2D eigenvalue weighted by Gasteiger charge is 2.09. The molecular weight excluding hydrogens is 292 g/mol. The average Bonchev–Trinajstić information content (AvgIpc) is 2.55. The number of nitrogens with zero attached hydrogens (tertiary/aromatic N) is 2. The first-order valence-electron chi connectivity index (χ1n) is 7.13. The Labute approximate surface area is 133 Å². The molecule has 2 heterocycles. The zero-order valence-electron chi connectivity index (χ0n) is 12.0. The van der Waals surface area contributed by atoms with Crippen LogP contribution in [0.25, 0.3) is 32.9 Å². The molecule has 0 fully saturated rings. The summed E-state index contributed by atoms with van der Waals surface area (Å²) in [5.41, 5.74) is 5.17. The van der Waals surface area contributed by atoms with Crippen LogP contribution in [0.3, 0.4) is 0 Å². The Balaban J connectivity index is 2.05. The Bertz CT molecular complexity index is 994. The number of hydrogen-bond donors (Lipinski definition) is 0. The predicted molar refractivity (Wildman–Crippen MR) is 92.2 cm³/mol. The van der Waals surface area contributed by atoms with Gasteiger partial charge < -0.3 is 0 Å². The number of halogens is 1. The van der Waals surface area contributed by atoms with E-state index in [1.54, 1.807) is 0 Å². The molecule has 0 N–H and O–H groups in total. The second-order valence-electron chi connectivity index (χ2n) is 5.34. The smallest absolute Gasteiger partial charge is 0.0815 e. The SMILES string of the molecule is Cc1nc2c(cnc3ccc(Cl)cc32)cc1-c1ccccc1. The highest BCUT2D eigenvalue weighted by atomic mass is 35.5. The molecule has 4 rings (SSSR count). The van der Waals surface area contributed by atoms with Gasteiger partial charge >= 0.3 is 0 Å². The van der Waals surface area contributed by atoms with Crippen LogP contribution in [0.15, 0.2) is 60.8 Å². The molecule has 0 aliphatic carbocycles. The first kappa shape index (κ1) is 13.2. The number of benzene rings is 2. The summed E-state index contributed by atoms with van der Waals surface area (Å²) in [5, 5.41) is 2.72. The lowest BCUT2D eigenvalue weighted by Crippen LogP contribution is -1.92. The zero-order chi connectivity index (χ0) is 15.1. The summed E-state index contributed by atoms with van der Waals surface area (Å²) in [6, 6.07) is 18.2. The van der Waals surface area contributed by atoms with Crippen LogP contribution in [0.5, 0.6) is 0 Å². The Morgan fingerprint density at radius 3 is 2.59 bits per heavy atom. The Morgan fingerprint density at radius 2 is 1.77 bits per heavy atom. The van der Waals surface area contributed by atoms with Crippen LogP contribution in [0, 0.1) is 6.92 Å². The van der Waals surface area contributed by atoms with E-state index in [0.717, 1.165) is 33.1 Å². The van der Waals surface area contributed by atoms with E-state index < -0.39 is 0 Å². The van der Waals surface area contributed by atoms with Gasteiger partial charge in [-0.15, -0.1) is 0 Å². The molecule has 0 amide bonds. The van der Waals surface area contributed by atoms with Gasteiger partial charge in [0.2, 0.25) is 0 Å². The van der Waals surface area contributed by atoms with Crippen LogP contribution in [0.1, 0.15) is 5.69 Å². The summed E-state index contributed by atoms with van der Waals surface area (Å²) in [6.45, 7) is 2.04. The largest absolute Gasteiger partial charge is 0.255 e. The van der Waals surface area contributed by atoms with Gasteiger partial charge in [0.1, 0.15) is 0 Å². The van der Waals surface area contributed by atoms with Crippen LogP contribution in [-0.2, 0) is 0 Å². The normalized spacial score (nSPS) is 11.2. The molecule has 0 spiro atoms. The predicted octanol–water partition coefficient (Wildman–Crippen LogP) is 5.41. The third kappa shape index (κ3) is 2.13. The monoisotopic (exact) mass is 304 g/mol. The number of pyridine rings is 2. The standard InChI is InChI=1S/C19H13ClN2/c1-12-16(13-5-3-2-4-6-13)9-14-11-21-18-8-7-15(20)10-17(18)19(14)22-12/h2-11H,1H3. The highest BCUT2D eigenvalue weighted by Crippen LogP contribution is 2.30. The second kappa shape index (κ2) is 5.08. The van der Waals surface area contributed by atoms with E-state index in [1.165, 1.54) is 5.56 Å². The van der Waals surface area contributed by atoms with Crippen molar-refractivity contribution in [3.05, 3.63) is 71.5 Å². The number of aryl methyl sites for hydroxylation is 1. The zero-order valence-corrected chi connectivity index (χ0v) is 12.8. The van der Waals surface area contributed by atoms with Crippen LogP contribution < -0.4 is 0 Å². The van der Waals surface area contributed by atoms with Gasteiger partial charge in [0.25, 0.3) is 0 Å². The first-order valence-corrected chi connectivity index (χ1v) is 7.51. The van der Waals surface area contributed by atoms with Crippen molar-refractivity contribution < 1.29 is 0 Å². The fourth-order valence-electron chi connectivity index (χ4n) is 2.79. The molecule has 0 bridgehead atoms. The van der Waals surface area contributed by atoms with Crippen molar-refractivity contribution >= 4 is 33.4 Å². The molecule has 4 aromatic rings. The van der Waals surface area contributed by atoms with Crippen LogP contribution >= 0.6 is 11.6 Å². The van der Waals surface area contributed by atoms with E-state index >= 15 is 0 Å². The fraction of sp³-hybridized carbons (Fsp3) is 0.0526. The maximum atomic E-state index is 6.13. The Hall–Kier alpha value is -2.45. The Kier molecular flexibility index (Phi) is 3.05. The molecular formula is C19H13ClN2. The quantitative estimate of drug-likeness (QED) is 0.439. The summed E-state index contributed by atoms with van der Waals surface area (Å²) >= 11 is 6.13.